The van der Waals surface area contributed by atoms with Gasteiger partial charge in [-0.2, -0.15) is 0 Å². The number of hydrogen-bond acceptors (Lipinski definition) is 6. The molecule has 0 heterocycles. The summed E-state index contributed by atoms with van der Waals surface area (Å²) in [6.45, 7) is 0.633. The van der Waals surface area contributed by atoms with E-state index < -0.39 is 0 Å². The highest BCUT2D eigenvalue weighted by atomic mass is 16.5. The maximum atomic E-state index is 13.5. The number of rotatable bonds is 8. The first-order chi connectivity index (χ1) is 16.4. The molecule has 6 nitrogen and oxygen atoms in total. The minimum atomic E-state index is -0.103. The number of ketones is 2. The summed E-state index contributed by atoms with van der Waals surface area (Å²) < 4.78 is 10.5. The molecule has 0 radical (unpaired) electrons. The van der Waals surface area contributed by atoms with Crippen LogP contribution in [0.5, 0.6) is 11.5 Å². The lowest BCUT2D eigenvalue weighted by Crippen LogP contribution is -2.34. The van der Waals surface area contributed by atoms with Crippen molar-refractivity contribution in [2.75, 3.05) is 51.2 Å². The zero-order valence-electron chi connectivity index (χ0n) is 19.9. The smallest absolute Gasteiger partial charge is 0.192 e. The van der Waals surface area contributed by atoms with E-state index in [9.17, 15) is 9.59 Å². The molecule has 0 atom stereocenters. The SMILES string of the molecule is COc1ccc(N(C)CC2=C(CN(C)c3ccc(OC)cc3)C(=O)c3ccccc3C2=O)cc1. The summed E-state index contributed by atoms with van der Waals surface area (Å²) in [6, 6.07) is 22.3. The molecule has 0 aliphatic heterocycles. The zero-order valence-corrected chi connectivity index (χ0v) is 19.9. The Hall–Kier alpha value is -4.06. The average molecular weight is 457 g/mol. The second kappa shape index (κ2) is 9.83. The molecule has 0 fully saturated rings. The third kappa shape index (κ3) is 4.53. The van der Waals surface area contributed by atoms with Crippen LogP contribution in [-0.2, 0) is 0 Å². The van der Waals surface area contributed by atoms with Gasteiger partial charge in [0.15, 0.2) is 11.6 Å². The number of fused-ring (bicyclic) bond motifs is 1. The molecule has 6 heteroatoms. The topological polar surface area (TPSA) is 59.1 Å². The van der Waals surface area contributed by atoms with Gasteiger partial charge < -0.3 is 19.3 Å². The van der Waals surface area contributed by atoms with Crippen LogP contribution in [0, 0.1) is 0 Å². The van der Waals surface area contributed by atoms with Crippen molar-refractivity contribution in [2.24, 2.45) is 0 Å². The summed E-state index contributed by atoms with van der Waals surface area (Å²) in [6.07, 6.45) is 0. The predicted octanol–water partition coefficient (Wildman–Crippen LogP) is 4.65. The van der Waals surface area contributed by atoms with E-state index in [4.69, 9.17) is 9.47 Å². The van der Waals surface area contributed by atoms with Crippen LogP contribution < -0.4 is 19.3 Å². The van der Waals surface area contributed by atoms with E-state index in [1.54, 1.807) is 38.5 Å². The maximum absolute atomic E-state index is 13.5. The molecule has 0 N–H and O–H groups in total. The Balaban J connectivity index is 1.69. The van der Waals surface area contributed by atoms with Crippen molar-refractivity contribution < 1.29 is 19.1 Å². The van der Waals surface area contributed by atoms with Gasteiger partial charge in [0, 0.05) is 60.8 Å². The normalized spacial score (nSPS) is 12.9. The van der Waals surface area contributed by atoms with Crippen LogP contribution in [0.4, 0.5) is 11.4 Å². The molecule has 1 aliphatic carbocycles. The minimum absolute atomic E-state index is 0.103. The minimum Gasteiger partial charge on any atom is -0.497 e. The Kier molecular flexibility index (Phi) is 6.68. The lowest BCUT2D eigenvalue weighted by atomic mass is 9.83. The third-order valence-electron chi connectivity index (χ3n) is 6.15. The number of likely N-dealkylation sites (N-methyl/N-ethyl adjacent to an activating group) is 2. The first kappa shape index (κ1) is 23.1. The van der Waals surface area contributed by atoms with Crippen molar-refractivity contribution >= 4 is 22.9 Å². The van der Waals surface area contributed by atoms with Crippen molar-refractivity contribution in [1.29, 1.82) is 0 Å². The summed E-state index contributed by atoms with van der Waals surface area (Å²) in [4.78, 5) is 31.0. The summed E-state index contributed by atoms with van der Waals surface area (Å²) >= 11 is 0. The number of Topliss-reactive ketones (excluding diaryl/α,β-unsaturated/α-hetero) is 2. The fourth-order valence-corrected chi connectivity index (χ4v) is 4.14. The number of hydrogen-bond donors (Lipinski definition) is 0. The maximum Gasteiger partial charge on any atom is 0.192 e. The number of nitrogens with zero attached hydrogens (tertiary/aromatic N) is 2. The molecule has 0 unspecified atom stereocenters. The molecule has 0 saturated carbocycles. The lowest BCUT2D eigenvalue weighted by Gasteiger charge is -2.29. The van der Waals surface area contributed by atoms with Crippen LogP contribution in [0.1, 0.15) is 20.7 Å². The molecule has 0 aromatic heterocycles. The lowest BCUT2D eigenvalue weighted by molar-refractivity contribution is 0.0972. The van der Waals surface area contributed by atoms with Crippen LogP contribution in [0.25, 0.3) is 0 Å². The summed E-state index contributed by atoms with van der Waals surface area (Å²) in [7, 11) is 7.08. The predicted molar refractivity (Wildman–Crippen MR) is 135 cm³/mol. The second-order valence-electron chi connectivity index (χ2n) is 8.27. The Morgan fingerprint density at radius 2 is 0.941 bits per heavy atom. The van der Waals surface area contributed by atoms with Crippen LogP contribution in [0.15, 0.2) is 83.9 Å². The van der Waals surface area contributed by atoms with E-state index in [2.05, 4.69) is 0 Å². The molecule has 0 saturated heterocycles. The van der Waals surface area contributed by atoms with Crippen molar-refractivity contribution in [3.8, 4) is 11.5 Å². The molecular weight excluding hydrogens is 428 g/mol. The van der Waals surface area contributed by atoms with Crippen LogP contribution in [0.2, 0.25) is 0 Å². The second-order valence-corrected chi connectivity index (χ2v) is 8.27. The summed E-state index contributed by atoms with van der Waals surface area (Å²) in [5.74, 6) is 1.31. The molecule has 4 rings (SSSR count). The van der Waals surface area contributed by atoms with Crippen LogP contribution >= 0.6 is 0 Å². The van der Waals surface area contributed by atoms with Crippen molar-refractivity contribution in [2.45, 2.75) is 0 Å². The zero-order chi connectivity index (χ0) is 24.2. The van der Waals surface area contributed by atoms with E-state index in [0.29, 0.717) is 35.4 Å². The third-order valence-corrected chi connectivity index (χ3v) is 6.15. The highest BCUT2D eigenvalue weighted by Crippen LogP contribution is 2.30. The van der Waals surface area contributed by atoms with Gasteiger partial charge in [-0.05, 0) is 48.5 Å². The quantitative estimate of drug-likeness (QED) is 0.492. The Labute approximate surface area is 200 Å². The van der Waals surface area contributed by atoms with Gasteiger partial charge in [-0.3, -0.25) is 9.59 Å². The molecule has 0 bridgehead atoms. The summed E-state index contributed by atoms with van der Waals surface area (Å²) in [5.41, 5.74) is 3.80. The van der Waals surface area contributed by atoms with Crippen molar-refractivity contribution in [3.05, 3.63) is 95.1 Å². The van der Waals surface area contributed by atoms with E-state index >= 15 is 0 Å². The largest absolute Gasteiger partial charge is 0.497 e. The van der Waals surface area contributed by atoms with Crippen molar-refractivity contribution in [1.82, 2.24) is 0 Å². The molecule has 174 valence electrons. The van der Waals surface area contributed by atoms with Crippen molar-refractivity contribution in [3.63, 3.8) is 0 Å². The molecular formula is C28H28N2O4. The number of benzene rings is 3. The van der Waals surface area contributed by atoms with Gasteiger partial charge in [0.1, 0.15) is 11.5 Å². The highest BCUT2D eigenvalue weighted by molar-refractivity contribution is 6.27. The first-order valence-electron chi connectivity index (χ1n) is 11.0. The number of ether oxygens (including phenoxy) is 2. The molecule has 34 heavy (non-hydrogen) atoms. The van der Waals surface area contributed by atoms with E-state index in [-0.39, 0.29) is 11.6 Å². The van der Waals surface area contributed by atoms with Crippen LogP contribution in [-0.4, -0.2) is 53.0 Å². The Morgan fingerprint density at radius 1 is 0.588 bits per heavy atom. The van der Waals surface area contributed by atoms with Gasteiger partial charge in [-0.25, -0.2) is 0 Å². The molecule has 0 amide bonds. The highest BCUT2D eigenvalue weighted by Gasteiger charge is 2.33. The number of carbonyl (C=O) groups is 2. The van der Waals surface area contributed by atoms with Gasteiger partial charge in [0.05, 0.1) is 14.2 Å². The van der Waals surface area contributed by atoms with E-state index in [1.165, 1.54) is 0 Å². The fourth-order valence-electron chi connectivity index (χ4n) is 4.14. The average Bonchev–Trinajstić information content (AvgIpc) is 2.89. The van der Waals surface area contributed by atoms with Gasteiger partial charge >= 0.3 is 0 Å². The van der Waals surface area contributed by atoms with E-state index in [1.807, 2.05) is 72.4 Å². The monoisotopic (exact) mass is 456 g/mol. The molecule has 0 spiro atoms. The van der Waals surface area contributed by atoms with E-state index in [0.717, 1.165) is 22.9 Å². The summed E-state index contributed by atoms with van der Waals surface area (Å²) in [5, 5.41) is 0. The molecule has 1 aliphatic rings. The Morgan fingerprint density at radius 3 is 1.26 bits per heavy atom. The van der Waals surface area contributed by atoms with Gasteiger partial charge in [-0.1, -0.05) is 24.3 Å². The first-order valence-corrected chi connectivity index (χ1v) is 11.0. The number of anilines is 2. The van der Waals surface area contributed by atoms with Gasteiger partial charge in [0.25, 0.3) is 0 Å². The standard InChI is InChI=1S/C28H28N2O4/c1-29(19-9-13-21(33-3)14-10-19)17-25-26(18-30(2)20-11-15-22(34-4)16-12-20)28(32)24-8-6-5-7-23(24)27(25)31/h5-16H,17-18H2,1-4H3. The number of methoxy groups -OCH3 is 2. The number of carbonyl (C=O) groups excluding carboxylic acids is 2. The fraction of sp³-hybridized carbons (Fsp3) is 0.214. The van der Waals surface area contributed by atoms with Crippen LogP contribution in [0.3, 0.4) is 0 Å². The Bertz CT molecular complexity index is 1130. The molecule has 3 aromatic carbocycles. The van der Waals surface area contributed by atoms with Gasteiger partial charge in [-0.15, -0.1) is 0 Å². The molecule has 3 aromatic rings. The van der Waals surface area contributed by atoms with Gasteiger partial charge in [0.2, 0.25) is 0 Å².